The third kappa shape index (κ3) is 3.13. The predicted molar refractivity (Wildman–Crippen MR) is 74.0 cm³/mol. The average molecular weight is 298 g/mol. The smallest absolute Gasteiger partial charge is 0.256 e. The van der Waals surface area contributed by atoms with Crippen molar-refractivity contribution < 1.29 is 4.79 Å². The van der Waals surface area contributed by atoms with Crippen LogP contribution < -0.4 is 10.9 Å². The maximum absolute atomic E-state index is 12.0. The molecule has 0 fully saturated rings. The zero-order valence-corrected chi connectivity index (χ0v) is 11.3. The molecule has 19 heavy (non-hydrogen) atoms. The SMILES string of the molecule is Cc1cc(Cl)nc(Cl)c1NC(=O)c1cc[nH]c(=O)c1. The number of rotatable bonds is 2. The zero-order chi connectivity index (χ0) is 14.0. The lowest BCUT2D eigenvalue weighted by Crippen LogP contribution is -2.16. The van der Waals surface area contributed by atoms with Crippen LogP contribution in [-0.4, -0.2) is 15.9 Å². The third-order valence-corrected chi connectivity index (χ3v) is 2.88. The number of nitrogens with one attached hydrogen (secondary N) is 2. The Morgan fingerprint density at radius 3 is 2.74 bits per heavy atom. The van der Waals surface area contributed by atoms with E-state index in [0.29, 0.717) is 11.3 Å². The molecule has 0 bridgehead atoms. The zero-order valence-electron chi connectivity index (χ0n) is 9.83. The van der Waals surface area contributed by atoms with Crippen LogP contribution in [0.5, 0.6) is 0 Å². The number of hydrogen-bond acceptors (Lipinski definition) is 3. The van der Waals surface area contributed by atoms with E-state index in [1.165, 1.54) is 18.3 Å². The number of aromatic amines is 1. The Morgan fingerprint density at radius 1 is 1.37 bits per heavy atom. The summed E-state index contributed by atoms with van der Waals surface area (Å²) in [6.07, 6.45) is 1.39. The Morgan fingerprint density at radius 2 is 2.11 bits per heavy atom. The molecule has 0 unspecified atom stereocenters. The van der Waals surface area contributed by atoms with E-state index in [-0.39, 0.29) is 21.4 Å². The van der Waals surface area contributed by atoms with Crippen LogP contribution in [0.25, 0.3) is 0 Å². The highest BCUT2D eigenvalue weighted by molar-refractivity contribution is 6.35. The first-order chi connectivity index (χ1) is 8.97. The molecular weight excluding hydrogens is 289 g/mol. The van der Waals surface area contributed by atoms with Gasteiger partial charge in [0.05, 0.1) is 5.69 Å². The number of pyridine rings is 2. The van der Waals surface area contributed by atoms with Crippen LogP contribution in [0, 0.1) is 6.92 Å². The lowest BCUT2D eigenvalue weighted by Gasteiger charge is -2.10. The van der Waals surface area contributed by atoms with Crippen molar-refractivity contribution in [3.63, 3.8) is 0 Å². The fourth-order valence-electron chi connectivity index (χ4n) is 1.52. The highest BCUT2D eigenvalue weighted by atomic mass is 35.5. The monoisotopic (exact) mass is 297 g/mol. The summed E-state index contributed by atoms with van der Waals surface area (Å²) in [5.41, 5.74) is 0.929. The Balaban J connectivity index is 2.32. The second-order valence-corrected chi connectivity index (χ2v) is 4.57. The molecule has 7 heteroatoms. The van der Waals surface area contributed by atoms with Gasteiger partial charge in [-0.3, -0.25) is 9.59 Å². The largest absolute Gasteiger partial charge is 0.329 e. The van der Waals surface area contributed by atoms with Gasteiger partial charge in [-0.1, -0.05) is 23.2 Å². The van der Waals surface area contributed by atoms with Gasteiger partial charge < -0.3 is 10.3 Å². The van der Waals surface area contributed by atoms with Crippen LogP contribution in [0.1, 0.15) is 15.9 Å². The summed E-state index contributed by atoms with van der Waals surface area (Å²) in [6, 6.07) is 4.27. The molecule has 2 rings (SSSR count). The minimum atomic E-state index is -0.444. The summed E-state index contributed by atoms with van der Waals surface area (Å²) >= 11 is 11.7. The van der Waals surface area contributed by atoms with Crippen LogP contribution in [-0.2, 0) is 0 Å². The van der Waals surface area contributed by atoms with E-state index in [9.17, 15) is 9.59 Å². The van der Waals surface area contributed by atoms with E-state index in [0.717, 1.165) is 0 Å². The fourth-order valence-corrected chi connectivity index (χ4v) is 2.10. The van der Waals surface area contributed by atoms with E-state index >= 15 is 0 Å². The first-order valence-electron chi connectivity index (χ1n) is 5.30. The topological polar surface area (TPSA) is 74.8 Å². The third-order valence-electron chi connectivity index (χ3n) is 2.42. The molecule has 0 saturated heterocycles. The molecule has 2 aromatic rings. The number of anilines is 1. The normalized spacial score (nSPS) is 10.3. The van der Waals surface area contributed by atoms with E-state index in [1.807, 2.05) is 0 Å². The molecule has 0 atom stereocenters. The summed E-state index contributed by atoms with van der Waals surface area (Å²) in [7, 11) is 0. The fraction of sp³-hybridized carbons (Fsp3) is 0.0833. The molecule has 0 aliphatic carbocycles. The van der Waals surface area contributed by atoms with E-state index in [4.69, 9.17) is 23.2 Å². The summed E-state index contributed by atoms with van der Waals surface area (Å²) in [6.45, 7) is 1.74. The molecule has 1 amide bonds. The first-order valence-corrected chi connectivity index (χ1v) is 6.05. The van der Waals surface area contributed by atoms with Gasteiger partial charge in [-0.2, -0.15) is 0 Å². The number of nitrogens with zero attached hydrogens (tertiary/aromatic N) is 1. The van der Waals surface area contributed by atoms with Gasteiger partial charge in [-0.25, -0.2) is 4.98 Å². The van der Waals surface area contributed by atoms with Crippen molar-refractivity contribution in [2.45, 2.75) is 6.92 Å². The molecule has 98 valence electrons. The molecule has 0 aromatic carbocycles. The Labute approximate surface area is 118 Å². The van der Waals surface area contributed by atoms with Crippen LogP contribution in [0.3, 0.4) is 0 Å². The summed E-state index contributed by atoms with van der Waals surface area (Å²) < 4.78 is 0. The predicted octanol–water partition coefficient (Wildman–Crippen LogP) is 2.64. The van der Waals surface area contributed by atoms with Gasteiger partial charge in [0, 0.05) is 17.8 Å². The second kappa shape index (κ2) is 5.42. The Bertz CT molecular complexity index is 674. The maximum atomic E-state index is 12.0. The van der Waals surface area contributed by atoms with Crippen LogP contribution in [0.15, 0.2) is 29.2 Å². The van der Waals surface area contributed by atoms with Gasteiger partial charge in [0.15, 0.2) is 5.15 Å². The molecule has 0 spiro atoms. The lowest BCUT2D eigenvalue weighted by molar-refractivity contribution is 0.102. The lowest BCUT2D eigenvalue weighted by atomic mass is 10.2. The second-order valence-electron chi connectivity index (χ2n) is 3.82. The first kappa shape index (κ1) is 13.6. The van der Waals surface area contributed by atoms with Crippen molar-refractivity contribution in [2.75, 3.05) is 5.32 Å². The standard InChI is InChI=1S/C12H9Cl2N3O2/c1-6-4-8(13)16-11(14)10(6)17-12(19)7-2-3-15-9(18)5-7/h2-5H,1H3,(H,15,18)(H,17,19). The van der Waals surface area contributed by atoms with Gasteiger partial charge in [-0.05, 0) is 24.6 Å². The van der Waals surface area contributed by atoms with Crippen molar-refractivity contribution in [1.29, 1.82) is 0 Å². The van der Waals surface area contributed by atoms with Gasteiger partial charge in [-0.15, -0.1) is 0 Å². The number of H-pyrrole nitrogens is 1. The quantitative estimate of drug-likeness (QED) is 0.837. The molecule has 0 saturated carbocycles. The van der Waals surface area contributed by atoms with E-state index in [1.54, 1.807) is 13.0 Å². The van der Waals surface area contributed by atoms with Gasteiger partial charge >= 0.3 is 0 Å². The number of halogens is 2. The minimum Gasteiger partial charge on any atom is -0.329 e. The van der Waals surface area contributed by atoms with Crippen molar-refractivity contribution in [2.24, 2.45) is 0 Å². The Kier molecular flexibility index (Phi) is 3.87. The van der Waals surface area contributed by atoms with E-state index in [2.05, 4.69) is 15.3 Å². The molecule has 0 aliphatic rings. The Hall–Kier alpha value is -1.85. The van der Waals surface area contributed by atoms with Gasteiger partial charge in [0.2, 0.25) is 5.56 Å². The summed E-state index contributed by atoms with van der Waals surface area (Å²) in [5, 5.41) is 2.95. The number of hydrogen-bond donors (Lipinski definition) is 2. The number of aryl methyl sites for hydroxylation is 1. The number of aromatic nitrogens is 2. The highest BCUT2D eigenvalue weighted by Crippen LogP contribution is 2.26. The number of carbonyl (C=O) groups excluding carboxylic acids is 1. The number of amides is 1. The molecule has 0 radical (unpaired) electrons. The summed E-state index contributed by atoms with van der Waals surface area (Å²) in [5.74, 6) is -0.444. The molecule has 2 heterocycles. The van der Waals surface area contributed by atoms with Crippen LogP contribution >= 0.6 is 23.2 Å². The van der Waals surface area contributed by atoms with Crippen LogP contribution in [0.4, 0.5) is 5.69 Å². The molecule has 5 nitrogen and oxygen atoms in total. The molecule has 0 aliphatic heterocycles. The summed E-state index contributed by atoms with van der Waals surface area (Å²) in [4.78, 5) is 29.4. The van der Waals surface area contributed by atoms with E-state index < -0.39 is 5.91 Å². The molecule has 2 N–H and O–H groups in total. The molecular formula is C12H9Cl2N3O2. The molecule has 2 aromatic heterocycles. The van der Waals surface area contributed by atoms with Crippen molar-refractivity contribution >= 4 is 34.8 Å². The maximum Gasteiger partial charge on any atom is 0.256 e. The van der Waals surface area contributed by atoms with Crippen molar-refractivity contribution in [3.8, 4) is 0 Å². The number of carbonyl (C=O) groups is 1. The van der Waals surface area contributed by atoms with Gasteiger partial charge in [0.25, 0.3) is 5.91 Å². The highest BCUT2D eigenvalue weighted by Gasteiger charge is 2.12. The minimum absolute atomic E-state index is 0.100. The van der Waals surface area contributed by atoms with Crippen LogP contribution in [0.2, 0.25) is 10.3 Å². The van der Waals surface area contributed by atoms with Crippen molar-refractivity contribution in [3.05, 3.63) is 56.2 Å². The van der Waals surface area contributed by atoms with Gasteiger partial charge in [0.1, 0.15) is 5.15 Å². The average Bonchev–Trinajstić information content (AvgIpc) is 2.33. The van der Waals surface area contributed by atoms with Crippen molar-refractivity contribution in [1.82, 2.24) is 9.97 Å².